The molecule has 4 nitrogen and oxygen atoms in total. The van der Waals surface area contributed by atoms with E-state index in [0.29, 0.717) is 11.9 Å². The zero-order valence-electron chi connectivity index (χ0n) is 9.65. The number of nitrogens with zero attached hydrogens (tertiary/aromatic N) is 1. The van der Waals surface area contributed by atoms with Crippen molar-refractivity contribution in [1.29, 1.82) is 0 Å². The fourth-order valence-corrected chi connectivity index (χ4v) is 2.11. The van der Waals surface area contributed by atoms with Crippen molar-refractivity contribution in [2.75, 3.05) is 7.11 Å². The third-order valence-electron chi connectivity index (χ3n) is 3.40. The molecule has 16 heavy (non-hydrogen) atoms. The van der Waals surface area contributed by atoms with Crippen LogP contribution in [0.2, 0.25) is 0 Å². The fraction of sp³-hybridized carbons (Fsp3) is 0.583. The van der Waals surface area contributed by atoms with Crippen molar-refractivity contribution < 1.29 is 4.74 Å². The summed E-state index contributed by atoms with van der Waals surface area (Å²) >= 11 is 0. The molecule has 1 aliphatic rings. The summed E-state index contributed by atoms with van der Waals surface area (Å²) in [6, 6.07) is 4.32. The lowest BCUT2D eigenvalue weighted by atomic mass is 9.78. The largest absolute Gasteiger partial charge is 0.481 e. The third kappa shape index (κ3) is 2.51. The fourth-order valence-electron chi connectivity index (χ4n) is 2.11. The van der Waals surface area contributed by atoms with E-state index >= 15 is 0 Å². The van der Waals surface area contributed by atoms with E-state index in [-0.39, 0.29) is 0 Å². The molecule has 1 unspecified atom stereocenters. The topological polar surface area (TPSA) is 60.2 Å². The number of rotatable bonds is 5. The maximum Gasteiger partial charge on any atom is 0.212 e. The van der Waals surface area contributed by atoms with Gasteiger partial charge < -0.3 is 4.74 Å². The van der Waals surface area contributed by atoms with Gasteiger partial charge in [-0.2, -0.15) is 0 Å². The molecule has 2 rings (SSSR count). The van der Waals surface area contributed by atoms with E-state index < -0.39 is 0 Å². The smallest absolute Gasteiger partial charge is 0.212 e. The molecule has 0 bridgehead atoms. The number of ether oxygens (including phenoxy) is 1. The van der Waals surface area contributed by atoms with Crippen molar-refractivity contribution in [1.82, 2.24) is 10.4 Å². The Kier molecular flexibility index (Phi) is 3.74. The Hall–Kier alpha value is -1.13. The SMILES string of the molecule is COc1ccc(CC(NN)C2CCC2)cn1. The standard InChI is InChI=1S/C12H19N3O/c1-16-12-6-5-9(8-14-12)7-11(15-13)10-3-2-4-10/h5-6,8,10-11,15H,2-4,7,13H2,1H3. The van der Waals surface area contributed by atoms with Gasteiger partial charge in [0.05, 0.1) is 7.11 Å². The maximum absolute atomic E-state index is 5.59. The van der Waals surface area contributed by atoms with Gasteiger partial charge in [0.15, 0.2) is 0 Å². The van der Waals surface area contributed by atoms with Crippen LogP contribution >= 0.6 is 0 Å². The average molecular weight is 221 g/mol. The van der Waals surface area contributed by atoms with E-state index in [9.17, 15) is 0 Å². The first-order valence-electron chi connectivity index (χ1n) is 5.78. The number of hydrogen-bond donors (Lipinski definition) is 2. The van der Waals surface area contributed by atoms with Crippen LogP contribution in [0.15, 0.2) is 18.3 Å². The summed E-state index contributed by atoms with van der Waals surface area (Å²) in [4.78, 5) is 4.20. The number of nitrogens with two attached hydrogens (primary N) is 1. The van der Waals surface area contributed by atoms with Crippen molar-refractivity contribution >= 4 is 0 Å². The monoisotopic (exact) mass is 221 g/mol. The van der Waals surface area contributed by atoms with Crippen LogP contribution in [0.25, 0.3) is 0 Å². The highest BCUT2D eigenvalue weighted by molar-refractivity contribution is 5.18. The molecule has 3 N–H and O–H groups in total. The molecule has 1 heterocycles. The van der Waals surface area contributed by atoms with Crippen LogP contribution in [0, 0.1) is 5.92 Å². The van der Waals surface area contributed by atoms with Crippen molar-refractivity contribution in [3.63, 3.8) is 0 Å². The number of aromatic nitrogens is 1. The summed E-state index contributed by atoms with van der Waals surface area (Å²) in [6.45, 7) is 0. The molecule has 0 aliphatic heterocycles. The molecule has 0 amide bonds. The van der Waals surface area contributed by atoms with E-state index in [2.05, 4.69) is 16.5 Å². The van der Waals surface area contributed by atoms with Crippen LogP contribution in [0.3, 0.4) is 0 Å². The highest BCUT2D eigenvalue weighted by Crippen LogP contribution is 2.30. The number of hydrogen-bond acceptors (Lipinski definition) is 4. The molecule has 1 aromatic rings. The first-order chi connectivity index (χ1) is 7.83. The second-order valence-electron chi connectivity index (χ2n) is 4.38. The lowest BCUT2D eigenvalue weighted by Gasteiger charge is -2.33. The molecule has 1 fully saturated rings. The van der Waals surface area contributed by atoms with Crippen molar-refractivity contribution in [3.05, 3.63) is 23.9 Å². The van der Waals surface area contributed by atoms with Crippen molar-refractivity contribution in [2.45, 2.75) is 31.7 Å². The van der Waals surface area contributed by atoms with Crippen molar-refractivity contribution in [3.8, 4) is 5.88 Å². The van der Waals surface area contributed by atoms with E-state index in [1.54, 1.807) is 7.11 Å². The molecular weight excluding hydrogens is 202 g/mol. The van der Waals surface area contributed by atoms with E-state index in [0.717, 1.165) is 12.3 Å². The molecule has 0 spiro atoms. The van der Waals surface area contributed by atoms with Gasteiger partial charge in [0.25, 0.3) is 0 Å². The molecule has 4 heteroatoms. The zero-order chi connectivity index (χ0) is 11.4. The summed E-state index contributed by atoms with van der Waals surface area (Å²) in [6.07, 6.45) is 6.72. The Morgan fingerprint density at radius 1 is 1.56 bits per heavy atom. The minimum atomic E-state index is 0.379. The predicted molar refractivity (Wildman–Crippen MR) is 62.9 cm³/mol. The second-order valence-corrected chi connectivity index (χ2v) is 4.38. The average Bonchev–Trinajstić information content (AvgIpc) is 2.26. The number of nitrogens with one attached hydrogen (secondary N) is 1. The minimum Gasteiger partial charge on any atom is -0.481 e. The lowest BCUT2D eigenvalue weighted by Crippen LogP contribution is -2.44. The summed E-state index contributed by atoms with van der Waals surface area (Å²) < 4.78 is 5.03. The Morgan fingerprint density at radius 2 is 2.38 bits per heavy atom. The quantitative estimate of drug-likeness (QED) is 0.580. The van der Waals surface area contributed by atoms with Gasteiger partial charge in [0.1, 0.15) is 0 Å². The predicted octanol–water partition coefficient (Wildman–Crippen LogP) is 1.26. The maximum atomic E-state index is 5.59. The number of pyridine rings is 1. The highest BCUT2D eigenvalue weighted by atomic mass is 16.5. The van der Waals surface area contributed by atoms with Gasteiger partial charge in [-0.15, -0.1) is 0 Å². The summed E-state index contributed by atoms with van der Waals surface area (Å²) in [7, 11) is 1.63. The molecule has 1 atom stereocenters. The van der Waals surface area contributed by atoms with Crippen LogP contribution in [0.5, 0.6) is 5.88 Å². The molecule has 88 valence electrons. The first kappa shape index (κ1) is 11.4. The minimum absolute atomic E-state index is 0.379. The van der Waals surface area contributed by atoms with Crippen molar-refractivity contribution in [2.24, 2.45) is 11.8 Å². The Bertz CT molecular complexity index is 322. The molecular formula is C12H19N3O. The molecule has 1 saturated carbocycles. The van der Waals surface area contributed by atoms with Gasteiger partial charge in [-0.3, -0.25) is 11.3 Å². The third-order valence-corrected chi connectivity index (χ3v) is 3.40. The van der Waals surface area contributed by atoms with Gasteiger partial charge in [-0.25, -0.2) is 4.98 Å². The summed E-state index contributed by atoms with van der Waals surface area (Å²) in [5, 5.41) is 0. The van der Waals surface area contributed by atoms with Crippen LogP contribution < -0.4 is 16.0 Å². The van der Waals surface area contributed by atoms with Crippen LogP contribution in [0.1, 0.15) is 24.8 Å². The van der Waals surface area contributed by atoms with Gasteiger partial charge in [-0.1, -0.05) is 12.5 Å². The van der Waals surface area contributed by atoms with Crippen LogP contribution in [-0.2, 0) is 6.42 Å². The second kappa shape index (κ2) is 5.27. The van der Waals surface area contributed by atoms with Gasteiger partial charge in [-0.05, 0) is 30.7 Å². The molecule has 1 aliphatic carbocycles. The van der Waals surface area contributed by atoms with Crippen LogP contribution in [0.4, 0.5) is 0 Å². The Morgan fingerprint density at radius 3 is 2.81 bits per heavy atom. The van der Waals surface area contributed by atoms with Crippen LogP contribution in [-0.4, -0.2) is 18.1 Å². The van der Waals surface area contributed by atoms with E-state index in [1.807, 2.05) is 12.3 Å². The number of hydrazine groups is 1. The van der Waals surface area contributed by atoms with E-state index in [4.69, 9.17) is 10.6 Å². The Labute approximate surface area is 96.2 Å². The van der Waals surface area contributed by atoms with Gasteiger partial charge in [0, 0.05) is 18.3 Å². The van der Waals surface area contributed by atoms with Gasteiger partial charge in [0.2, 0.25) is 5.88 Å². The van der Waals surface area contributed by atoms with E-state index in [1.165, 1.54) is 24.8 Å². The molecule has 0 saturated heterocycles. The highest BCUT2D eigenvalue weighted by Gasteiger charge is 2.26. The zero-order valence-corrected chi connectivity index (χ0v) is 9.65. The normalized spacial score (nSPS) is 17.9. The molecule has 1 aromatic heterocycles. The lowest BCUT2D eigenvalue weighted by molar-refractivity contribution is 0.228. The number of methoxy groups -OCH3 is 1. The summed E-state index contributed by atoms with van der Waals surface area (Å²) in [5.41, 5.74) is 4.13. The first-order valence-corrected chi connectivity index (χ1v) is 5.78. The Balaban J connectivity index is 1.95. The molecule has 0 radical (unpaired) electrons. The molecule has 0 aromatic carbocycles. The summed E-state index contributed by atoms with van der Waals surface area (Å²) in [5.74, 6) is 6.98. The van der Waals surface area contributed by atoms with Gasteiger partial charge >= 0.3 is 0 Å².